The van der Waals surface area contributed by atoms with E-state index in [0.29, 0.717) is 6.20 Å². The predicted molar refractivity (Wildman–Crippen MR) is 63.2 cm³/mol. The smallest absolute Gasteiger partial charge is 0.264 e. The van der Waals surface area contributed by atoms with E-state index in [2.05, 4.69) is 4.98 Å². The lowest BCUT2D eigenvalue weighted by atomic mass is 10.0. The lowest BCUT2D eigenvalue weighted by Crippen LogP contribution is -2.07. The average molecular weight is 304 g/mol. The van der Waals surface area contributed by atoms with Crippen molar-refractivity contribution >= 4 is 0 Å². The Morgan fingerprint density at radius 1 is 0.762 bits per heavy atom. The molecule has 0 aliphatic heterocycles. The molecule has 111 valence electrons. The highest BCUT2D eigenvalue weighted by molar-refractivity contribution is 5.39. The summed E-state index contributed by atoms with van der Waals surface area (Å²) in [5, 5.41) is 0. The van der Waals surface area contributed by atoms with E-state index in [1.165, 1.54) is 18.6 Å². The van der Waals surface area contributed by atoms with Crippen molar-refractivity contribution in [3.8, 4) is 0 Å². The first kappa shape index (κ1) is 15.3. The number of benzene rings is 1. The predicted octanol–water partition coefficient (Wildman–Crippen LogP) is 4.72. The molecule has 0 aliphatic rings. The summed E-state index contributed by atoms with van der Waals surface area (Å²) in [5.74, 6) is 0. The Morgan fingerprint density at radius 3 is 2.00 bits per heavy atom. The van der Waals surface area contributed by atoms with Crippen molar-refractivity contribution in [2.45, 2.75) is 12.4 Å². The van der Waals surface area contributed by atoms with Gasteiger partial charge in [-0.2, -0.15) is 26.3 Å². The van der Waals surface area contributed by atoms with Crippen molar-refractivity contribution in [2.24, 2.45) is 0 Å². The average Bonchev–Trinajstić information content (AvgIpc) is 2.37. The largest absolute Gasteiger partial charge is 0.417 e. The van der Waals surface area contributed by atoms with E-state index in [1.54, 1.807) is 0 Å². The third kappa shape index (κ3) is 3.96. The zero-order valence-electron chi connectivity index (χ0n) is 10.3. The molecule has 0 spiro atoms. The number of pyridine rings is 1. The maximum Gasteiger partial charge on any atom is 0.417 e. The number of nitrogens with zero attached hydrogens (tertiary/aromatic N) is 1. The summed E-state index contributed by atoms with van der Waals surface area (Å²) >= 11 is 0. The third-order valence-electron chi connectivity index (χ3n) is 2.63. The first-order valence-electron chi connectivity index (χ1n) is 5.70. The number of aromatic nitrogens is 1. The monoisotopic (exact) mass is 304 g/mol. The fourth-order valence-electron chi connectivity index (χ4n) is 1.69. The lowest BCUT2D eigenvalue weighted by molar-refractivity contribution is -0.138. The van der Waals surface area contributed by atoms with Crippen LogP contribution in [0.4, 0.5) is 26.3 Å². The summed E-state index contributed by atoms with van der Waals surface area (Å²) < 4.78 is 75.2. The van der Waals surface area contributed by atoms with Crippen LogP contribution in [-0.2, 0) is 12.4 Å². The molecule has 0 bridgehead atoms. The number of halogens is 6. The van der Waals surface area contributed by atoms with Crippen LogP contribution in [0.5, 0.6) is 0 Å². The van der Waals surface area contributed by atoms with Crippen LogP contribution in [0.25, 0.3) is 0 Å². The van der Waals surface area contributed by atoms with Crippen LogP contribution < -0.4 is 0 Å². The van der Waals surface area contributed by atoms with Crippen LogP contribution >= 0.6 is 0 Å². The Morgan fingerprint density at radius 2 is 1.38 bits per heavy atom. The number of hydrogen-bond acceptors (Lipinski definition) is 1. The fraction of sp³-hybridized carbons (Fsp3) is 0.143. The minimum absolute atomic E-state index is 0.0733. The summed E-state index contributed by atoms with van der Waals surface area (Å²) in [7, 11) is 0. The minimum atomic E-state index is -4.55. The zero-order chi connectivity index (χ0) is 15.7. The highest BCUT2D eigenvalue weighted by atomic mass is 19.4. The van der Waals surface area contributed by atoms with E-state index >= 15 is 0 Å². The molecule has 1 aromatic heterocycles. The molecule has 0 saturated heterocycles. The molecule has 0 atom stereocenters. The first-order chi connectivity index (χ1) is 9.66. The van der Waals surface area contributed by atoms with Crippen molar-refractivity contribution in [3.63, 3.8) is 0 Å². The Balaban J connectivity index is 2.27. The molecule has 0 fully saturated rings. The molecular weight excluding hydrogens is 296 g/mol. The number of alkyl halides is 6. The summed E-state index contributed by atoms with van der Waals surface area (Å²) in [5.41, 5.74) is -1.60. The Bertz CT molecular complexity index is 574. The molecule has 2 rings (SSSR count). The minimum Gasteiger partial charge on any atom is -0.264 e. The third-order valence-corrected chi connectivity index (χ3v) is 2.63. The van der Waals surface area contributed by atoms with Gasteiger partial charge in [0.05, 0.1) is 11.1 Å². The summed E-state index contributed by atoms with van der Waals surface area (Å²) in [4.78, 5) is 3.44. The van der Waals surface area contributed by atoms with Crippen LogP contribution in [0, 0.1) is 6.42 Å². The molecule has 0 amide bonds. The van der Waals surface area contributed by atoms with E-state index in [0.717, 1.165) is 24.4 Å². The first-order valence-corrected chi connectivity index (χ1v) is 5.70. The van der Waals surface area contributed by atoms with E-state index in [-0.39, 0.29) is 11.1 Å². The fourth-order valence-corrected chi connectivity index (χ4v) is 1.69. The van der Waals surface area contributed by atoms with Crippen LogP contribution in [0.1, 0.15) is 22.3 Å². The molecule has 7 heteroatoms. The maximum absolute atomic E-state index is 12.6. The number of rotatable bonds is 2. The summed E-state index contributed by atoms with van der Waals surface area (Å²) in [6.45, 7) is 0. The molecule has 0 aliphatic carbocycles. The van der Waals surface area contributed by atoms with E-state index in [4.69, 9.17) is 0 Å². The second-order valence-corrected chi connectivity index (χ2v) is 4.27. The van der Waals surface area contributed by atoms with E-state index < -0.39 is 23.5 Å². The van der Waals surface area contributed by atoms with Crippen molar-refractivity contribution < 1.29 is 26.3 Å². The second-order valence-electron chi connectivity index (χ2n) is 4.27. The molecule has 1 aromatic carbocycles. The lowest BCUT2D eigenvalue weighted by Gasteiger charge is -2.10. The second kappa shape index (κ2) is 5.38. The topological polar surface area (TPSA) is 12.9 Å². The van der Waals surface area contributed by atoms with Gasteiger partial charge in [0.1, 0.15) is 0 Å². The van der Waals surface area contributed by atoms with Gasteiger partial charge in [0.15, 0.2) is 0 Å². The number of hydrogen-bond donors (Lipinski definition) is 0. The van der Waals surface area contributed by atoms with Gasteiger partial charge in [0.2, 0.25) is 0 Å². The van der Waals surface area contributed by atoms with Crippen molar-refractivity contribution in [1.82, 2.24) is 4.98 Å². The van der Waals surface area contributed by atoms with Gasteiger partial charge in [0.25, 0.3) is 0 Å². The van der Waals surface area contributed by atoms with Crippen molar-refractivity contribution in [2.75, 3.05) is 0 Å². The van der Waals surface area contributed by atoms with Crippen LogP contribution in [0.3, 0.4) is 0 Å². The van der Waals surface area contributed by atoms with Crippen molar-refractivity contribution in [3.05, 3.63) is 71.4 Å². The Kier molecular flexibility index (Phi) is 3.93. The van der Waals surface area contributed by atoms with Gasteiger partial charge >= 0.3 is 12.4 Å². The van der Waals surface area contributed by atoms with Crippen LogP contribution in [0.15, 0.2) is 42.7 Å². The quantitative estimate of drug-likeness (QED) is 0.732. The highest BCUT2D eigenvalue weighted by Gasteiger charge is 2.31. The van der Waals surface area contributed by atoms with Gasteiger partial charge in [-0.3, -0.25) is 4.98 Å². The molecular formula is C14H8F6N. The summed E-state index contributed by atoms with van der Waals surface area (Å²) in [6.07, 6.45) is -6.04. The van der Waals surface area contributed by atoms with Gasteiger partial charge in [-0.05, 0) is 23.3 Å². The van der Waals surface area contributed by atoms with E-state index in [1.807, 2.05) is 0 Å². The zero-order valence-corrected chi connectivity index (χ0v) is 10.3. The highest BCUT2D eigenvalue weighted by Crippen LogP contribution is 2.31. The SMILES string of the molecule is FC(F)(F)c1cccc([CH]c2cncc(C(F)(F)F)c2)c1. The van der Waals surface area contributed by atoms with Gasteiger partial charge in [-0.25, -0.2) is 0 Å². The normalized spacial score (nSPS) is 12.5. The standard InChI is InChI=1S/C14H8F6N/c15-13(16,17)11-3-1-2-9(5-11)4-10-6-12(8-21-7-10)14(18,19)20/h1-8H. The van der Waals surface area contributed by atoms with Crippen LogP contribution in [-0.4, -0.2) is 4.98 Å². The van der Waals surface area contributed by atoms with Gasteiger partial charge < -0.3 is 0 Å². The Labute approximate surface area is 116 Å². The summed E-state index contributed by atoms with van der Waals surface area (Å²) in [6, 6.07) is 5.14. The van der Waals surface area contributed by atoms with E-state index in [9.17, 15) is 26.3 Å². The van der Waals surface area contributed by atoms with Crippen molar-refractivity contribution in [1.29, 1.82) is 0 Å². The van der Waals surface area contributed by atoms with Gasteiger partial charge in [-0.1, -0.05) is 18.2 Å². The molecule has 1 nitrogen and oxygen atoms in total. The molecule has 2 aromatic rings. The Hall–Kier alpha value is -2.05. The van der Waals surface area contributed by atoms with Gasteiger partial charge in [-0.15, -0.1) is 0 Å². The molecule has 0 N–H and O–H groups in total. The molecule has 1 heterocycles. The maximum atomic E-state index is 12.6. The van der Waals surface area contributed by atoms with Crippen LogP contribution in [0.2, 0.25) is 0 Å². The van der Waals surface area contributed by atoms with Gasteiger partial charge in [0, 0.05) is 18.8 Å². The molecule has 21 heavy (non-hydrogen) atoms. The molecule has 1 radical (unpaired) electrons. The molecule has 0 unspecified atom stereocenters. The molecule has 0 saturated carbocycles.